The van der Waals surface area contributed by atoms with Crippen LogP contribution in [0.2, 0.25) is 0 Å². The molecule has 22 heavy (non-hydrogen) atoms. The van der Waals surface area contributed by atoms with Crippen molar-refractivity contribution in [2.75, 3.05) is 18.5 Å². The molecule has 3 heterocycles. The number of aromatic nitrogens is 2. The number of rotatable bonds is 3. The summed E-state index contributed by atoms with van der Waals surface area (Å²) < 4.78 is 1.60. The molecule has 1 saturated heterocycles. The van der Waals surface area contributed by atoms with E-state index in [0.717, 1.165) is 11.3 Å². The third-order valence-electron chi connectivity index (χ3n) is 3.80. The first kappa shape index (κ1) is 15.0. The second-order valence-corrected chi connectivity index (χ2v) is 6.14. The first-order chi connectivity index (χ1) is 10.6. The van der Waals surface area contributed by atoms with Crippen molar-refractivity contribution in [3.05, 3.63) is 22.9 Å². The molecule has 118 valence electrons. The highest BCUT2D eigenvalue weighted by Gasteiger charge is 2.34. The highest BCUT2D eigenvalue weighted by Crippen LogP contribution is 2.24. The van der Waals surface area contributed by atoms with Crippen molar-refractivity contribution >= 4 is 23.2 Å². The summed E-state index contributed by atoms with van der Waals surface area (Å²) in [6, 6.07) is 3.09. The number of amides is 2. The number of carbonyl (C=O) groups is 1. The average Bonchev–Trinajstić information content (AvgIpc) is 3.19. The maximum atomic E-state index is 12.3. The maximum absolute atomic E-state index is 12.3. The van der Waals surface area contributed by atoms with Gasteiger partial charge in [0.2, 0.25) is 0 Å². The molecule has 1 fully saturated rings. The Hall–Kier alpha value is -1.90. The number of urea groups is 1. The van der Waals surface area contributed by atoms with Crippen LogP contribution in [0.4, 0.5) is 10.6 Å². The Bertz CT molecular complexity index is 655. The van der Waals surface area contributed by atoms with Crippen LogP contribution in [0.3, 0.4) is 0 Å². The lowest BCUT2D eigenvalue weighted by Crippen LogP contribution is -2.41. The van der Waals surface area contributed by atoms with E-state index in [4.69, 9.17) is 0 Å². The van der Waals surface area contributed by atoms with E-state index in [0.29, 0.717) is 12.2 Å². The van der Waals surface area contributed by atoms with Gasteiger partial charge in [-0.15, -0.1) is 0 Å². The number of hydrogen-bond donors (Lipinski definition) is 3. The third-order valence-corrected chi connectivity index (χ3v) is 4.48. The summed E-state index contributed by atoms with van der Waals surface area (Å²) in [4.78, 5) is 13.8. The highest BCUT2D eigenvalue weighted by atomic mass is 32.1. The van der Waals surface area contributed by atoms with E-state index in [2.05, 4.69) is 10.4 Å². The van der Waals surface area contributed by atoms with Crippen molar-refractivity contribution in [3.63, 3.8) is 0 Å². The maximum Gasteiger partial charge on any atom is 0.323 e. The first-order valence-corrected chi connectivity index (χ1v) is 7.96. The number of anilines is 1. The molecular formula is C14H18N4O3S. The largest absolute Gasteiger partial charge is 0.394 e. The molecule has 2 atom stereocenters. The molecule has 0 aromatic carbocycles. The van der Waals surface area contributed by atoms with Crippen molar-refractivity contribution in [1.82, 2.24) is 14.7 Å². The van der Waals surface area contributed by atoms with Gasteiger partial charge in [-0.3, -0.25) is 10.00 Å². The van der Waals surface area contributed by atoms with Gasteiger partial charge in [-0.05, 0) is 17.9 Å². The molecule has 7 nitrogen and oxygen atoms in total. The molecule has 8 heteroatoms. The fourth-order valence-electron chi connectivity index (χ4n) is 2.63. The van der Waals surface area contributed by atoms with E-state index >= 15 is 0 Å². The summed E-state index contributed by atoms with van der Waals surface area (Å²) in [5.74, 6) is 0.573. The highest BCUT2D eigenvalue weighted by molar-refractivity contribution is 7.08. The quantitative estimate of drug-likeness (QED) is 0.789. The number of aliphatic hydroxyl groups excluding tert-OH is 2. The Labute approximate surface area is 131 Å². The van der Waals surface area contributed by atoms with Crippen LogP contribution >= 0.6 is 11.3 Å². The number of aryl methyl sites for hydroxylation is 1. The third kappa shape index (κ3) is 2.85. The van der Waals surface area contributed by atoms with Gasteiger partial charge in [0, 0.05) is 30.6 Å². The minimum Gasteiger partial charge on any atom is -0.394 e. The molecule has 0 unspecified atom stereocenters. The molecule has 0 radical (unpaired) electrons. The summed E-state index contributed by atoms with van der Waals surface area (Å²) >= 11 is 1.59. The Morgan fingerprint density at radius 3 is 3.09 bits per heavy atom. The van der Waals surface area contributed by atoms with Gasteiger partial charge < -0.3 is 15.1 Å². The summed E-state index contributed by atoms with van der Waals surface area (Å²) in [6.07, 6.45) is -0.189. The van der Waals surface area contributed by atoms with E-state index in [-0.39, 0.29) is 25.2 Å². The Kier molecular flexibility index (Phi) is 4.14. The lowest BCUT2D eigenvalue weighted by atomic mass is 10.2. The number of aliphatic hydroxyl groups is 2. The van der Waals surface area contributed by atoms with E-state index < -0.39 is 6.10 Å². The molecule has 1 aliphatic heterocycles. The van der Waals surface area contributed by atoms with Crippen LogP contribution in [-0.2, 0) is 7.05 Å². The van der Waals surface area contributed by atoms with Crippen LogP contribution in [0.5, 0.6) is 0 Å². The molecule has 3 N–H and O–H groups in total. The second kappa shape index (κ2) is 6.07. The molecule has 1 aliphatic rings. The zero-order chi connectivity index (χ0) is 15.7. The van der Waals surface area contributed by atoms with Crippen LogP contribution in [0, 0.1) is 0 Å². The van der Waals surface area contributed by atoms with Crippen LogP contribution in [-0.4, -0.2) is 56.2 Å². The van der Waals surface area contributed by atoms with Crippen LogP contribution < -0.4 is 5.32 Å². The first-order valence-electron chi connectivity index (χ1n) is 7.01. The van der Waals surface area contributed by atoms with Gasteiger partial charge in [0.05, 0.1) is 24.4 Å². The van der Waals surface area contributed by atoms with Crippen LogP contribution in [0.25, 0.3) is 11.3 Å². The van der Waals surface area contributed by atoms with Crippen LogP contribution in [0.1, 0.15) is 6.42 Å². The smallest absolute Gasteiger partial charge is 0.323 e. The summed E-state index contributed by atoms with van der Waals surface area (Å²) in [5.41, 5.74) is 1.80. The average molecular weight is 322 g/mol. The predicted molar refractivity (Wildman–Crippen MR) is 83.7 cm³/mol. The Morgan fingerprint density at radius 2 is 2.41 bits per heavy atom. The van der Waals surface area contributed by atoms with Gasteiger partial charge in [-0.2, -0.15) is 16.4 Å². The fourth-order valence-corrected chi connectivity index (χ4v) is 3.28. The number of thiophene rings is 1. The van der Waals surface area contributed by atoms with Crippen molar-refractivity contribution in [3.8, 4) is 11.3 Å². The number of hydrogen-bond acceptors (Lipinski definition) is 5. The molecule has 0 aliphatic carbocycles. The zero-order valence-corrected chi connectivity index (χ0v) is 13.0. The van der Waals surface area contributed by atoms with Crippen molar-refractivity contribution in [2.45, 2.75) is 18.6 Å². The van der Waals surface area contributed by atoms with Crippen molar-refractivity contribution in [2.24, 2.45) is 7.05 Å². The number of likely N-dealkylation sites (tertiary alicyclic amines) is 1. The Balaban J connectivity index is 1.74. The molecule has 0 spiro atoms. The molecule has 2 aromatic heterocycles. The van der Waals surface area contributed by atoms with Gasteiger partial charge in [0.25, 0.3) is 0 Å². The minimum absolute atomic E-state index is 0.157. The number of β-amino-alcohol motifs (C(OH)–C–C–N with tert-alkyl or cyclic N) is 1. The zero-order valence-electron chi connectivity index (χ0n) is 12.1. The van der Waals surface area contributed by atoms with Crippen LogP contribution in [0.15, 0.2) is 22.9 Å². The number of nitrogens with one attached hydrogen (secondary N) is 1. The Morgan fingerprint density at radius 1 is 1.59 bits per heavy atom. The van der Waals surface area contributed by atoms with Gasteiger partial charge in [-0.1, -0.05) is 0 Å². The van der Waals surface area contributed by atoms with Crippen molar-refractivity contribution < 1.29 is 15.0 Å². The standard InChI is InChI=1S/C14H18N4O3S/c1-17-13(5-12(16-17)9-2-3-22-8-9)15-14(21)18-6-11(20)4-10(18)7-19/h2-3,5,8,10-11,19-20H,4,6-7H2,1H3,(H,15,21)/t10-,11-/m0/s1. The lowest BCUT2D eigenvalue weighted by Gasteiger charge is -2.22. The molecular weight excluding hydrogens is 304 g/mol. The number of nitrogens with zero attached hydrogens (tertiary/aromatic N) is 3. The molecule has 2 amide bonds. The fraction of sp³-hybridized carbons (Fsp3) is 0.429. The summed E-state index contributed by atoms with van der Waals surface area (Å²) in [6.45, 7) is 0.0717. The second-order valence-electron chi connectivity index (χ2n) is 5.36. The molecule has 2 aromatic rings. The normalized spacial score (nSPS) is 21.3. The number of carbonyl (C=O) groups excluding carboxylic acids is 1. The monoisotopic (exact) mass is 322 g/mol. The lowest BCUT2D eigenvalue weighted by molar-refractivity contribution is 0.164. The van der Waals surface area contributed by atoms with Gasteiger partial charge in [0.1, 0.15) is 5.82 Å². The molecule has 0 saturated carbocycles. The SMILES string of the molecule is Cn1nc(-c2ccsc2)cc1NC(=O)N1C[C@@H](O)C[C@H]1CO. The topological polar surface area (TPSA) is 90.6 Å². The van der Waals surface area contributed by atoms with E-state index in [1.54, 1.807) is 29.1 Å². The molecule has 3 rings (SSSR count). The summed E-state index contributed by atoms with van der Waals surface area (Å²) in [5, 5.41) is 30.1. The van der Waals surface area contributed by atoms with Gasteiger partial charge >= 0.3 is 6.03 Å². The van der Waals surface area contributed by atoms with Gasteiger partial charge in [0.15, 0.2) is 0 Å². The minimum atomic E-state index is -0.587. The summed E-state index contributed by atoms with van der Waals surface area (Å²) in [7, 11) is 1.76. The van der Waals surface area contributed by atoms with E-state index in [9.17, 15) is 15.0 Å². The van der Waals surface area contributed by atoms with E-state index in [1.165, 1.54) is 4.90 Å². The van der Waals surface area contributed by atoms with Crippen molar-refractivity contribution in [1.29, 1.82) is 0 Å². The van der Waals surface area contributed by atoms with E-state index in [1.807, 2.05) is 16.8 Å². The molecule has 0 bridgehead atoms. The predicted octanol–water partition coefficient (Wildman–Crippen LogP) is 1.11. The van der Waals surface area contributed by atoms with Gasteiger partial charge in [-0.25, -0.2) is 4.79 Å².